The van der Waals surface area contributed by atoms with E-state index in [9.17, 15) is 17.4 Å². The van der Waals surface area contributed by atoms with E-state index in [0.717, 1.165) is 24.6 Å². The number of hydrogen-bond donors (Lipinski definition) is 1. The van der Waals surface area contributed by atoms with E-state index in [1.165, 1.54) is 13.3 Å². The predicted molar refractivity (Wildman–Crippen MR) is 113 cm³/mol. The first kappa shape index (κ1) is 22.2. The number of imidazole rings is 1. The van der Waals surface area contributed by atoms with Crippen molar-refractivity contribution in [1.29, 1.82) is 0 Å². The Morgan fingerprint density at radius 1 is 1.34 bits per heavy atom. The van der Waals surface area contributed by atoms with Crippen LogP contribution in [-0.2, 0) is 9.71 Å². The smallest absolute Gasteiger partial charge is 0.388 e. The van der Waals surface area contributed by atoms with Gasteiger partial charge in [0.05, 0.1) is 23.0 Å². The van der Waals surface area contributed by atoms with Crippen molar-refractivity contribution in [3.05, 3.63) is 36.0 Å². The fourth-order valence-electron chi connectivity index (χ4n) is 3.17. The van der Waals surface area contributed by atoms with E-state index in [4.69, 9.17) is 4.74 Å². The number of pyridine rings is 1. The number of rotatable bonds is 9. The fraction of sp³-hybridized carbons (Fsp3) is 0.400. The lowest BCUT2D eigenvalue weighted by atomic mass is 10.3. The molecule has 1 N–H and O–H groups in total. The SMILES string of the molecule is CCCC=S(=O)(Nc1cc(F)c(OC(F)F)nc1OC)c1cnc2nc(C3CC3)ccn12. The number of aromatic nitrogens is 4. The monoisotopic (exact) mass is 469 g/mol. The zero-order valence-corrected chi connectivity index (χ0v) is 18.2. The van der Waals surface area contributed by atoms with Crippen LogP contribution >= 0.6 is 0 Å². The summed E-state index contributed by atoms with van der Waals surface area (Å²) in [6.45, 7) is -1.33. The van der Waals surface area contributed by atoms with Crippen molar-refractivity contribution in [3.8, 4) is 11.8 Å². The molecule has 0 amide bonds. The van der Waals surface area contributed by atoms with Crippen molar-refractivity contribution in [2.45, 2.75) is 50.2 Å². The first-order valence-corrected chi connectivity index (χ1v) is 11.6. The number of methoxy groups -OCH3 is 1. The summed E-state index contributed by atoms with van der Waals surface area (Å²) in [5, 5.41) is 1.89. The Kier molecular flexibility index (Phi) is 6.13. The summed E-state index contributed by atoms with van der Waals surface area (Å²) in [5.41, 5.74) is 0.857. The van der Waals surface area contributed by atoms with Crippen LogP contribution < -0.4 is 14.2 Å². The molecule has 1 unspecified atom stereocenters. The second kappa shape index (κ2) is 8.85. The Bertz CT molecular complexity index is 1250. The highest BCUT2D eigenvalue weighted by Crippen LogP contribution is 2.39. The fourth-order valence-corrected chi connectivity index (χ4v) is 5.21. The zero-order valence-electron chi connectivity index (χ0n) is 17.4. The number of ether oxygens (including phenoxy) is 2. The van der Waals surface area contributed by atoms with Gasteiger partial charge in [-0.2, -0.15) is 13.8 Å². The number of halogens is 3. The Labute approximate surface area is 182 Å². The molecule has 0 aromatic carbocycles. The number of anilines is 1. The third kappa shape index (κ3) is 4.45. The van der Waals surface area contributed by atoms with Gasteiger partial charge in [-0.1, -0.05) is 13.3 Å². The largest absolute Gasteiger partial charge is 0.479 e. The molecular weight excluding hydrogens is 447 g/mol. The summed E-state index contributed by atoms with van der Waals surface area (Å²) in [6, 6.07) is 2.73. The lowest BCUT2D eigenvalue weighted by molar-refractivity contribution is -0.0555. The first-order valence-electron chi connectivity index (χ1n) is 10.0. The Hall–Kier alpha value is -3.02. The van der Waals surface area contributed by atoms with Gasteiger partial charge in [0.15, 0.2) is 5.82 Å². The summed E-state index contributed by atoms with van der Waals surface area (Å²) in [4.78, 5) is 12.5. The van der Waals surface area contributed by atoms with Gasteiger partial charge < -0.3 is 14.2 Å². The molecule has 3 heterocycles. The van der Waals surface area contributed by atoms with Gasteiger partial charge in [0.25, 0.3) is 5.88 Å². The molecule has 1 aliphatic carbocycles. The van der Waals surface area contributed by atoms with E-state index in [-0.39, 0.29) is 11.6 Å². The molecule has 1 atom stereocenters. The highest BCUT2D eigenvalue weighted by molar-refractivity contribution is 8.02. The second-order valence-electron chi connectivity index (χ2n) is 7.26. The summed E-state index contributed by atoms with van der Waals surface area (Å²) in [7, 11) is -1.93. The lowest BCUT2D eigenvalue weighted by Crippen LogP contribution is -2.19. The third-order valence-corrected chi connectivity index (χ3v) is 7.03. The number of unbranched alkanes of at least 4 members (excludes halogenated alkanes) is 1. The molecule has 1 aliphatic rings. The van der Waals surface area contributed by atoms with E-state index in [1.54, 1.807) is 16.0 Å². The van der Waals surface area contributed by atoms with Crippen molar-refractivity contribution in [3.63, 3.8) is 0 Å². The van der Waals surface area contributed by atoms with Crippen LogP contribution in [0.15, 0.2) is 29.6 Å². The van der Waals surface area contributed by atoms with Gasteiger partial charge in [-0.05, 0) is 30.7 Å². The van der Waals surface area contributed by atoms with Crippen LogP contribution in [0, 0.1) is 5.82 Å². The average Bonchev–Trinajstić information content (AvgIpc) is 3.52. The molecule has 3 aromatic heterocycles. The maximum atomic E-state index is 14.3. The van der Waals surface area contributed by atoms with Gasteiger partial charge in [-0.25, -0.2) is 18.6 Å². The molecule has 0 saturated heterocycles. The molecule has 3 aromatic rings. The van der Waals surface area contributed by atoms with Crippen LogP contribution in [0.4, 0.5) is 18.9 Å². The molecule has 4 rings (SSSR count). The van der Waals surface area contributed by atoms with Gasteiger partial charge in [0, 0.05) is 23.9 Å². The Balaban J connectivity index is 1.77. The predicted octanol–water partition coefficient (Wildman–Crippen LogP) is 4.02. The van der Waals surface area contributed by atoms with E-state index < -0.39 is 28.0 Å². The topological polar surface area (TPSA) is 90.6 Å². The number of alkyl halides is 2. The standard InChI is InChI=1S/C20H22F3N5O3S/c1-3-4-9-32(29,16-11-24-20-25-14(12-5-6-12)7-8-28(16)20)27-15-10-13(21)17(31-19(22)23)26-18(15)30-2/h7-12,19H,3-6H2,1-2H3,(H,27,29). The summed E-state index contributed by atoms with van der Waals surface area (Å²) in [6.07, 6.45) is 6.58. The Morgan fingerprint density at radius 3 is 2.78 bits per heavy atom. The Morgan fingerprint density at radius 2 is 2.12 bits per heavy atom. The molecule has 12 heteroatoms. The van der Waals surface area contributed by atoms with Crippen molar-refractivity contribution < 1.29 is 26.9 Å². The second-order valence-corrected chi connectivity index (χ2v) is 9.42. The average molecular weight is 469 g/mol. The highest BCUT2D eigenvalue weighted by atomic mass is 32.2. The maximum Gasteiger partial charge on any atom is 0.388 e. The minimum Gasteiger partial charge on any atom is -0.479 e. The van der Waals surface area contributed by atoms with Crippen LogP contribution in [-0.4, -0.2) is 42.7 Å². The van der Waals surface area contributed by atoms with Crippen molar-refractivity contribution in [1.82, 2.24) is 19.4 Å². The van der Waals surface area contributed by atoms with E-state index in [2.05, 4.69) is 24.4 Å². The van der Waals surface area contributed by atoms with Crippen LogP contribution in [0.5, 0.6) is 11.8 Å². The van der Waals surface area contributed by atoms with Gasteiger partial charge in [-0.3, -0.25) is 4.40 Å². The third-order valence-electron chi connectivity index (χ3n) is 4.88. The summed E-state index contributed by atoms with van der Waals surface area (Å²) in [5.74, 6) is -1.48. The van der Waals surface area contributed by atoms with Crippen molar-refractivity contribution >= 4 is 26.5 Å². The molecule has 0 spiro atoms. The summed E-state index contributed by atoms with van der Waals surface area (Å²) < 4.78 is 67.0. The van der Waals surface area contributed by atoms with Gasteiger partial charge in [0.2, 0.25) is 11.7 Å². The van der Waals surface area contributed by atoms with E-state index in [1.807, 2.05) is 13.0 Å². The molecule has 0 radical (unpaired) electrons. The molecule has 0 aliphatic heterocycles. The van der Waals surface area contributed by atoms with E-state index >= 15 is 0 Å². The quantitative estimate of drug-likeness (QED) is 0.476. The molecule has 8 nitrogen and oxygen atoms in total. The molecular formula is C20H22F3N5O3S. The first-order chi connectivity index (χ1) is 15.3. The number of nitrogens with zero attached hydrogens (tertiary/aromatic N) is 4. The molecule has 1 saturated carbocycles. The summed E-state index contributed by atoms with van der Waals surface area (Å²) >= 11 is 0. The van der Waals surface area contributed by atoms with Crippen LogP contribution in [0.1, 0.15) is 44.2 Å². The minimum absolute atomic E-state index is 0.0820. The lowest BCUT2D eigenvalue weighted by Gasteiger charge is -2.17. The highest BCUT2D eigenvalue weighted by Gasteiger charge is 2.27. The van der Waals surface area contributed by atoms with Gasteiger partial charge >= 0.3 is 6.61 Å². The maximum absolute atomic E-state index is 14.3. The van der Waals surface area contributed by atoms with Crippen LogP contribution in [0.2, 0.25) is 0 Å². The van der Waals surface area contributed by atoms with Crippen molar-refractivity contribution in [2.24, 2.45) is 0 Å². The van der Waals surface area contributed by atoms with Crippen LogP contribution in [0.25, 0.3) is 5.78 Å². The van der Waals surface area contributed by atoms with E-state index in [0.29, 0.717) is 29.6 Å². The molecule has 0 bridgehead atoms. The molecule has 1 fully saturated rings. The normalized spacial score (nSPS) is 15.6. The van der Waals surface area contributed by atoms with Gasteiger partial charge in [-0.15, -0.1) is 0 Å². The van der Waals surface area contributed by atoms with Crippen LogP contribution in [0.3, 0.4) is 0 Å². The molecule has 172 valence electrons. The number of nitrogens with one attached hydrogen (secondary N) is 1. The van der Waals surface area contributed by atoms with Crippen molar-refractivity contribution in [2.75, 3.05) is 11.8 Å². The number of hydrogen-bond acceptors (Lipinski definition) is 6. The number of fused-ring (bicyclic) bond motifs is 1. The molecule has 32 heavy (non-hydrogen) atoms. The zero-order chi connectivity index (χ0) is 22.9. The van der Waals surface area contributed by atoms with Gasteiger partial charge in [0.1, 0.15) is 10.7 Å². The minimum atomic E-state index is -3.26.